The first-order valence-electron chi connectivity index (χ1n) is 31.7. The van der Waals surface area contributed by atoms with E-state index in [1.165, 1.54) is 250 Å². The Labute approximate surface area is 438 Å². The molecule has 0 unspecified atom stereocenters. The number of carbonyl (C=O) groups excluding carboxylic acids is 3. The molecular formula is C64H124O6. The van der Waals surface area contributed by atoms with Crippen LogP contribution in [0.15, 0.2) is 0 Å². The lowest BCUT2D eigenvalue weighted by Gasteiger charge is -2.18. The molecule has 0 aromatic heterocycles. The maximum atomic E-state index is 12.9. The fraction of sp³-hybridized carbons (Fsp3) is 0.953. The summed E-state index contributed by atoms with van der Waals surface area (Å²) in [5.41, 5.74) is 0. The van der Waals surface area contributed by atoms with Crippen LogP contribution in [0.1, 0.15) is 362 Å². The van der Waals surface area contributed by atoms with Gasteiger partial charge in [-0.15, -0.1) is 0 Å². The smallest absolute Gasteiger partial charge is 0.306 e. The second-order valence-electron chi connectivity index (χ2n) is 23.0. The molecule has 0 bridgehead atoms. The second kappa shape index (κ2) is 56.7. The summed E-state index contributed by atoms with van der Waals surface area (Å²) in [5, 5.41) is 0. The summed E-state index contributed by atoms with van der Waals surface area (Å²) < 4.78 is 16.9. The molecule has 0 aliphatic carbocycles. The van der Waals surface area contributed by atoms with E-state index in [1.807, 2.05) is 0 Å². The van der Waals surface area contributed by atoms with Gasteiger partial charge < -0.3 is 14.2 Å². The minimum absolute atomic E-state index is 0.0619. The standard InChI is InChI=1S/C64H124O6/c1-6-7-8-9-10-11-34-39-44-49-54-62(65)68-57-61(70-64(67)56-51-46-41-36-31-27-23-19-15-13-17-21-25-29-33-38-43-48-53-60(4)5)58-69-63(66)55-50-45-40-35-30-26-22-18-14-12-16-20-24-28-32-37-42-47-52-59(2)3/h59-61H,6-58H2,1-5H3/t61-/m0/s1. The van der Waals surface area contributed by atoms with Crippen molar-refractivity contribution in [2.45, 2.75) is 368 Å². The van der Waals surface area contributed by atoms with Crippen molar-refractivity contribution >= 4 is 17.9 Å². The molecule has 0 saturated carbocycles. The van der Waals surface area contributed by atoms with Gasteiger partial charge in [-0.1, -0.05) is 324 Å². The first-order valence-corrected chi connectivity index (χ1v) is 31.7. The van der Waals surface area contributed by atoms with Crippen molar-refractivity contribution < 1.29 is 28.6 Å². The van der Waals surface area contributed by atoms with Crippen LogP contribution in [0.3, 0.4) is 0 Å². The number of hydrogen-bond acceptors (Lipinski definition) is 6. The maximum absolute atomic E-state index is 12.9. The van der Waals surface area contributed by atoms with E-state index in [9.17, 15) is 14.4 Å². The Morgan fingerprint density at radius 2 is 0.471 bits per heavy atom. The Kier molecular flexibility index (Phi) is 55.4. The summed E-state index contributed by atoms with van der Waals surface area (Å²) in [7, 11) is 0. The molecule has 0 amide bonds. The normalized spacial score (nSPS) is 12.0. The Morgan fingerprint density at radius 3 is 0.700 bits per heavy atom. The first kappa shape index (κ1) is 68.4. The molecule has 6 heteroatoms. The molecule has 416 valence electrons. The fourth-order valence-corrected chi connectivity index (χ4v) is 9.93. The topological polar surface area (TPSA) is 78.9 Å². The molecule has 70 heavy (non-hydrogen) atoms. The van der Waals surface area contributed by atoms with Gasteiger partial charge in [0, 0.05) is 19.3 Å². The quantitative estimate of drug-likeness (QED) is 0.0343. The zero-order valence-corrected chi connectivity index (χ0v) is 48.2. The largest absolute Gasteiger partial charge is 0.462 e. The van der Waals surface area contributed by atoms with E-state index in [2.05, 4.69) is 34.6 Å². The lowest BCUT2D eigenvalue weighted by Crippen LogP contribution is -2.30. The third-order valence-corrected chi connectivity index (χ3v) is 14.7. The number of carbonyl (C=O) groups is 3. The minimum atomic E-state index is -0.762. The van der Waals surface area contributed by atoms with E-state index < -0.39 is 6.10 Å². The summed E-state index contributed by atoms with van der Waals surface area (Å²) in [5.74, 6) is 0.883. The third-order valence-electron chi connectivity index (χ3n) is 14.7. The van der Waals surface area contributed by atoms with E-state index in [4.69, 9.17) is 14.2 Å². The molecule has 0 aliphatic rings. The van der Waals surface area contributed by atoms with Gasteiger partial charge in [0.15, 0.2) is 6.10 Å². The van der Waals surface area contributed by atoms with E-state index in [0.717, 1.165) is 69.6 Å². The van der Waals surface area contributed by atoms with Crippen LogP contribution in [0, 0.1) is 11.8 Å². The second-order valence-corrected chi connectivity index (χ2v) is 23.0. The maximum Gasteiger partial charge on any atom is 0.306 e. The van der Waals surface area contributed by atoms with Gasteiger partial charge in [-0.3, -0.25) is 14.4 Å². The average Bonchev–Trinajstić information content (AvgIpc) is 3.33. The summed E-state index contributed by atoms with van der Waals surface area (Å²) in [6.45, 7) is 11.5. The minimum Gasteiger partial charge on any atom is -0.462 e. The summed E-state index contributed by atoms with van der Waals surface area (Å²) in [6.07, 6.45) is 62.6. The Balaban J connectivity index is 4.18. The van der Waals surface area contributed by atoms with Crippen molar-refractivity contribution in [3.63, 3.8) is 0 Å². The summed E-state index contributed by atoms with van der Waals surface area (Å²) in [6, 6.07) is 0. The van der Waals surface area contributed by atoms with Crippen LogP contribution in [0.25, 0.3) is 0 Å². The Hall–Kier alpha value is -1.59. The van der Waals surface area contributed by atoms with Crippen LogP contribution in [0.5, 0.6) is 0 Å². The molecular weight excluding hydrogens is 865 g/mol. The van der Waals surface area contributed by atoms with Gasteiger partial charge >= 0.3 is 17.9 Å². The molecule has 0 aliphatic heterocycles. The molecule has 0 radical (unpaired) electrons. The highest BCUT2D eigenvalue weighted by Crippen LogP contribution is 2.19. The van der Waals surface area contributed by atoms with Crippen molar-refractivity contribution in [3.8, 4) is 0 Å². The molecule has 0 N–H and O–H groups in total. The van der Waals surface area contributed by atoms with Crippen molar-refractivity contribution in [1.29, 1.82) is 0 Å². The SMILES string of the molecule is CCCCCCCCCCCCC(=O)OC[C@@H](COC(=O)CCCCCCCCCCCCCCCCCCCCC(C)C)OC(=O)CCCCCCCCCCCCCCCCCCCCC(C)C. The predicted molar refractivity (Wildman–Crippen MR) is 303 cm³/mol. The van der Waals surface area contributed by atoms with Crippen molar-refractivity contribution in [2.24, 2.45) is 11.8 Å². The lowest BCUT2D eigenvalue weighted by atomic mass is 10.0. The molecule has 0 rings (SSSR count). The van der Waals surface area contributed by atoms with Crippen molar-refractivity contribution in [3.05, 3.63) is 0 Å². The molecule has 0 heterocycles. The zero-order valence-electron chi connectivity index (χ0n) is 48.2. The zero-order chi connectivity index (χ0) is 51.1. The molecule has 1 atom stereocenters. The highest BCUT2D eigenvalue weighted by atomic mass is 16.6. The van der Waals surface area contributed by atoms with Gasteiger partial charge in [-0.25, -0.2) is 0 Å². The summed E-state index contributed by atoms with van der Waals surface area (Å²) >= 11 is 0. The number of ether oxygens (including phenoxy) is 3. The van der Waals surface area contributed by atoms with Crippen LogP contribution in [0.4, 0.5) is 0 Å². The monoisotopic (exact) mass is 989 g/mol. The van der Waals surface area contributed by atoms with Crippen molar-refractivity contribution in [2.75, 3.05) is 13.2 Å². The fourth-order valence-electron chi connectivity index (χ4n) is 9.93. The van der Waals surface area contributed by atoms with Gasteiger partial charge in [0.2, 0.25) is 0 Å². The number of hydrogen-bond donors (Lipinski definition) is 0. The molecule has 0 spiro atoms. The Morgan fingerprint density at radius 1 is 0.271 bits per heavy atom. The van der Waals surface area contributed by atoms with E-state index in [0.29, 0.717) is 19.3 Å². The van der Waals surface area contributed by atoms with Gasteiger partial charge in [-0.2, -0.15) is 0 Å². The predicted octanol–water partition coefficient (Wildman–Crippen LogP) is 21.2. The van der Waals surface area contributed by atoms with E-state index in [1.54, 1.807) is 0 Å². The molecule has 0 aromatic carbocycles. The lowest BCUT2D eigenvalue weighted by molar-refractivity contribution is -0.167. The van der Waals surface area contributed by atoms with Crippen LogP contribution >= 0.6 is 0 Å². The van der Waals surface area contributed by atoms with Crippen LogP contribution < -0.4 is 0 Å². The Bertz CT molecular complexity index is 1070. The van der Waals surface area contributed by atoms with E-state index in [-0.39, 0.29) is 31.1 Å². The highest BCUT2D eigenvalue weighted by molar-refractivity contribution is 5.71. The highest BCUT2D eigenvalue weighted by Gasteiger charge is 2.19. The van der Waals surface area contributed by atoms with Gasteiger partial charge in [-0.05, 0) is 31.1 Å². The van der Waals surface area contributed by atoms with Gasteiger partial charge in [0.1, 0.15) is 13.2 Å². The number of rotatable bonds is 58. The molecule has 0 aromatic rings. The van der Waals surface area contributed by atoms with Crippen molar-refractivity contribution in [1.82, 2.24) is 0 Å². The number of unbranched alkanes of at least 4 members (excludes halogenated alkanes) is 43. The molecule has 6 nitrogen and oxygen atoms in total. The van der Waals surface area contributed by atoms with E-state index >= 15 is 0 Å². The molecule has 0 saturated heterocycles. The molecule has 0 fully saturated rings. The van der Waals surface area contributed by atoms with Crippen LogP contribution in [0.2, 0.25) is 0 Å². The van der Waals surface area contributed by atoms with Gasteiger partial charge in [0.05, 0.1) is 0 Å². The van der Waals surface area contributed by atoms with Gasteiger partial charge in [0.25, 0.3) is 0 Å². The summed E-state index contributed by atoms with van der Waals surface area (Å²) in [4.78, 5) is 38.2. The first-order chi connectivity index (χ1) is 34.2. The average molecular weight is 990 g/mol. The number of esters is 3. The van der Waals surface area contributed by atoms with Crippen LogP contribution in [-0.2, 0) is 28.6 Å². The third kappa shape index (κ3) is 57.3. The van der Waals surface area contributed by atoms with Crippen LogP contribution in [-0.4, -0.2) is 37.2 Å².